The molecular weight excluding hydrogens is 248 g/mol. The third-order valence-electron chi connectivity index (χ3n) is 3.40. The Morgan fingerprint density at radius 2 is 2.05 bits per heavy atom. The van der Waals surface area contributed by atoms with Crippen molar-refractivity contribution in [3.05, 3.63) is 17.3 Å². The van der Waals surface area contributed by atoms with Crippen LogP contribution in [0.3, 0.4) is 0 Å². The zero-order chi connectivity index (χ0) is 14.0. The van der Waals surface area contributed by atoms with E-state index in [0.717, 1.165) is 19.3 Å². The Hall–Kier alpha value is -1.85. The zero-order valence-electron chi connectivity index (χ0n) is 11.2. The molecule has 1 atom stereocenters. The van der Waals surface area contributed by atoms with Gasteiger partial charge in [0.25, 0.3) is 5.91 Å². The second kappa shape index (κ2) is 5.42. The summed E-state index contributed by atoms with van der Waals surface area (Å²) in [7, 11) is 0. The van der Waals surface area contributed by atoms with Gasteiger partial charge in [0.05, 0.1) is 5.69 Å². The van der Waals surface area contributed by atoms with Crippen LogP contribution in [-0.2, 0) is 4.79 Å². The van der Waals surface area contributed by atoms with E-state index in [1.165, 1.54) is 4.90 Å². The molecule has 1 saturated heterocycles. The highest BCUT2D eigenvalue weighted by molar-refractivity contribution is 5.95. The minimum absolute atomic E-state index is 0.158. The van der Waals surface area contributed by atoms with Gasteiger partial charge in [0.15, 0.2) is 5.89 Å². The quantitative estimate of drug-likeness (QED) is 0.881. The topological polar surface area (TPSA) is 83.6 Å². The van der Waals surface area contributed by atoms with Crippen molar-refractivity contribution in [2.45, 2.75) is 45.6 Å². The Kier molecular flexibility index (Phi) is 3.87. The highest BCUT2D eigenvalue weighted by Crippen LogP contribution is 2.21. The highest BCUT2D eigenvalue weighted by atomic mass is 16.4. The first kappa shape index (κ1) is 13.6. The number of nitrogens with zero attached hydrogens (tertiary/aromatic N) is 2. The first-order chi connectivity index (χ1) is 9.00. The minimum Gasteiger partial charge on any atom is -0.480 e. The summed E-state index contributed by atoms with van der Waals surface area (Å²) >= 11 is 0. The summed E-state index contributed by atoms with van der Waals surface area (Å²) in [5.41, 5.74) is 0.510. The van der Waals surface area contributed by atoms with Gasteiger partial charge in [-0.1, -0.05) is 12.8 Å². The number of hydrogen-bond donors (Lipinski definition) is 1. The van der Waals surface area contributed by atoms with Crippen LogP contribution >= 0.6 is 0 Å². The van der Waals surface area contributed by atoms with Gasteiger partial charge in [-0.25, -0.2) is 9.78 Å². The molecule has 2 rings (SSSR count). The third-order valence-corrected chi connectivity index (χ3v) is 3.40. The molecule has 104 valence electrons. The molecule has 0 radical (unpaired) electrons. The molecule has 0 saturated carbocycles. The van der Waals surface area contributed by atoms with E-state index in [4.69, 9.17) is 4.42 Å². The Bertz CT molecular complexity index is 495. The number of carbonyl (C=O) groups excluding carboxylic acids is 1. The maximum Gasteiger partial charge on any atom is 0.326 e. The fraction of sp³-hybridized carbons (Fsp3) is 0.615. The molecule has 2 heterocycles. The molecule has 1 fully saturated rings. The van der Waals surface area contributed by atoms with E-state index in [0.29, 0.717) is 24.6 Å². The van der Waals surface area contributed by atoms with Gasteiger partial charge in [-0.3, -0.25) is 4.79 Å². The molecule has 0 aromatic carbocycles. The van der Waals surface area contributed by atoms with Crippen molar-refractivity contribution in [1.29, 1.82) is 0 Å². The Labute approximate surface area is 111 Å². The van der Waals surface area contributed by atoms with Crippen LogP contribution in [0.15, 0.2) is 4.42 Å². The second-order valence-electron chi connectivity index (χ2n) is 4.85. The SMILES string of the molecule is Cc1nc(C)c(C(=O)N2CCCCCC2C(=O)O)o1. The van der Waals surface area contributed by atoms with Crippen LogP contribution in [0.1, 0.15) is 47.8 Å². The maximum atomic E-state index is 12.4. The van der Waals surface area contributed by atoms with E-state index in [9.17, 15) is 14.7 Å². The molecule has 1 aromatic heterocycles. The largest absolute Gasteiger partial charge is 0.480 e. The average molecular weight is 266 g/mol. The van der Waals surface area contributed by atoms with E-state index < -0.39 is 12.0 Å². The first-order valence-electron chi connectivity index (χ1n) is 6.48. The number of amides is 1. The van der Waals surface area contributed by atoms with Crippen LogP contribution in [0, 0.1) is 13.8 Å². The van der Waals surface area contributed by atoms with Gasteiger partial charge in [0, 0.05) is 13.5 Å². The lowest BCUT2D eigenvalue weighted by Gasteiger charge is -2.26. The fourth-order valence-corrected chi connectivity index (χ4v) is 2.47. The summed E-state index contributed by atoms with van der Waals surface area (Å²) in [6, 6.07) is -0.764. The summed E-state index contributed by atoms with van der Waals surface area (Å²) < 4.78 is 5.30. The van der Waals surface area contributed by atoms with E-state index >= 15 is 0 Å². The number of carbonyl (C=O) groups is 2. The van der Waals surface area contributed by atoms with Crippen LogP contribution in [0.5, 0.6) is 0 Å². The predicted octanol–water partition coefficient (Wildman–Crippen LogP) is 1.76. The fourth-order valence-electron chi connectivity index (χ4n) is 2.47. The Morgan fingerprint density at radius 1 is 1.32 bits per heavy atom. The first-order valence-corrected chi connectivity index (χ1v) is 6.48. The molecule has 1 aliphatic heterocycles. The second-order valence-corrected chi connectivity index (χ2v) is 4.85. The molecule has 6 heteroatoms. The Morgan fingerprint density at radius 3 is 2.63 bits per heavy atom. The van der Waals surface area contributed by atoms with Crippen molar-refractivity contribution < 1.29 is 19.1 Å². The summed E-state index contributed by atoms with van der Waals surface area (Å²) in [6.07, 6.45) is 3.09. The molecule has 19 heavy (non-hydrogen) atoms. The molecule has 0 spiro atoms. The van der Waals surface area contributed by atoms with Gasteiger partial charge in [-0.2, -0.15) is 0 Å². The predicted molar refractivity (Wildman–Crippen MR) is 66.9 cm³/mol. The molecule has 1 amide bonds. The van der Waals surface area contributed by atoms with Crippen molar-refractivity contribution in [2.75, 3.05) is 6.54 Å². The lowest BCUT2D eigenvalue weighted by molar-refractivity contribution is -0.142. The summed E-state index contributed by atoms with van der Waals surface area (Å²) in [5, 5.41) is 9.26. The van der Waals surface area contributed by atoms with E-state index in [2.05, 4.69) is 4.98 Å². The van der Waals surface area contributed by atoms with Crippen LogP contribution < -0.4 is 0 Å². The number of hydrogen-bond acceptors (Lipinski definition) is 4. The van der Waals surface area contributed by atoms with Gasteiger partial charge in [-0.05, 0) is 19.8 Å². The zero-order valence-corrected chi connectivity index (χ0v) is 11.2. The number of aryl methyl sites for hydroxylation is 2. The van der Waals surface area contributed by atoms with Crippen molar-refractivity contribution in [1.82, 2.24) is 9.88 Å². The molecule has 6 nitrogen and oxygen atoms in total. The summed E-state index contributed by atoms with van der Waals surface area (Å²) in [4.78, 5) is 29.2. The van der Waals surface area contributed by atoms with Crippen LogP contribution in [0.25, 0.3) is 0 Å². The van der Waals surface area contributed by atoms with E-state index in [1.807, 2.05) is 0 Å². The van der Waals surface area contributed by atoms with Crippen molar-refractivity contribution in [2.24, 2.45) is 0 Å². The van der Waals surface area contributed by atoms with Crippen molar-refractivity contribution >= 4 is 11.9 Å². The smallest absolute Gasteiger partial charge is 0.326 e. The minimum atomic E-state index is -0.954. The molecule has 1 N–H and O–H groups in total. The number of oxazole rings is 1. The highest BCUT2D eigenvalue weighted by Gasteiger charge is 2.33. The van der Waals surface area contributed by atoms with Gasteiger partial charge in [0.2, 0.25) is 5.76 Å². The molecule has 0 bridgehead atoms. The van der Waals surface area contributed by atoms with Gasteiger partial charge >= 0.3 is 5.97 Å². The number of rotatable bonds is 2. The van der Waals surface area contributed by atoms with Crippen molar-refractivity contribution in [3.8, 4) is 0 Å². The molecular formula is C13H18N2O4. The number of carboxylic acids is 1. The Balaban J connectivity index is 2.28. The normalized spacial score (nSPS) is 20.1. The van der Waals surface area contributed by atoms with E-state index in [-0.39, 0.29) is 11.7 Å². The van der Waals surface area contributed by atoms with Gasteiger partial charge in [0.1, 0.15) is 6.04 Å². The van der Waals surface area contributed by atoms with Gasteiger partial charge < -0.3 is 14.4 Å². The van der Waals surface area contributed by atoms with E-state index in [1.54, 1.807) is 13.8 Å². The van der Waals surface area contributed by atoms with Crippen LogP contribution in [0.2, 0.25) is 0 Å². The summed E-state index contributed by atoms with van der Waals surface area (Å²) in [5.74, 6) is -0.746. The summed E-state index contributed by atoms with van der Waals surface area (Å²) in [6.45, 7) is 3.81. The molecule has 1 unspecified atom stereocenters. The monoisotopic (exact) mass is 266 g/mol. The number of carboxylic acid groups (broad SMARTS) is 1. The van der Waals surface area contributed by atoms with Gasteiger partial charge in [-0.15, -0.1) is 0 Å². The molecule has 1 aliphatic rings. The van der Waals surface area contributed by atoms with Crippen molar-refractivity contribution in [3.63, 3.8) is 0 Å². The number of aliphatic carboxylic acids is 1. The van der Waals surface area contributed by atoms with Crippen LogP contribution in [0.4, 0.5) is 0 Å². The number of likely N-dealkylation sites (tertiary alicyclic amines) is 1. The lowest BCUT2D eigenvalue weighted by atomic mass is 10.1. The standard InChI is InChI=1S/C13H18N2O4/c1-8-11(19-9(2)14-8)12(16)15-7-5-3-4-6-10(15)13(17)18/h10H,3-7H2,1-2H3,(H,17,18). The molecule has 1 aromatic rings. The number of aromatic nitrogens is 1. The maximum absolute atomic E-state index is 12.4. The molecule has 0 aliphatic carbocycles. The van der Waals surface area contributed by atoms with Crippen LogP contribution in [-0.4, -0.2) is 39.5 Å². The lowest BCUT2D eigenvalue weighted by Crippen LogP contribution is -2.44. The average Bonchev–Trinajstić information content (AvgIpc) is 2.57. The third kappa shape index (κ3) is 2.77.